The Balaban J connectivity index is 0.787. The van der Waals surface area contributed by atoms with Crippen molar-refractivity contribution >= 4 is 36.1 Å². The standard InChI is InChI=1S/C60H76O15/c1-3-56(62)69-37-11-7-5-9-35-67-49-25-29-52(30-26-49)74-59(65)46-19-15-44(16-20-46)42-72-55-34-33-54(39-48(55)40-61)71-41-43-13-17-45(18-14-43)58(64)73-51-23-21-47(22-24-51)60(66)75-53-31-27-50(28-32-53)68-36-10-6-8-12-38-70-57(63)4-2/h3-4,25-34,39-40,43-47,51H,1-2,5-24,35-38,41-42H2. The number of carbonyl (C=O) groups excluding carboxylic acids is 6. The number of carbonyl (C=O) groups is 6. The molecule has 0 N–H and O–H groups in total. The fraction of sp³-hybridized carbons (Fsp3) is 0.533. The van der Waals surface area contributed by atoms with Gasteiger partial charge in [-0.1, -0.05) is 13.2 Å². The van der Waals surface area contributed by atoms with Gasteiger partial charge in [-0.05, 0) is 207 Å². The second-order valence-electron chi connectivity index (χ2n) is 19.8. The Morgan fingerprint density at radius 1 is 0.440 bits per heavy atom. The van der Waals surface area contributed by atoms with Crippen LogP contribution in [0.1, 0.15) is 139 Å². The molecule has 0 heterocycles. The molecular weight excluding hydrogens is 961 g/mol. The molecule has 3 aliphatic carbocycles. The number of hydrogen-bond acceptors (Lipinski definition) is 15. The molecular formula is C60H76O15. The summed E-state index contributed by atoms with van der Waals surface area (Å²) in [5.74, 6) is 1.88. The third-order valence-electron chi connectivity index (χ3n) is 14.2. The summed E-state index contributed by atoms with van der Waals surface area (Å²) in [4.78, 5) is 73.4. The fourth-order valence-corrected chi connectivity index (χ4v) is 9.63. The highest BCUT2D eigenvalue weighted by Gasteiger charge is 2.34. The number of ether oxygens (including phenoxy) is 9. The molecule has 15 nitrogen and oxygen atoms in total. The van der Waals surface area contributed by atoms with Crippen LogP contribution in [0.2, 0.25) is 0 Å². The van der Waals surface area contributed by atoms with Crippen molar-refractivity contribution in [1.82, 2.24) is 0 Å². The van der Waals surface area contributed by atoms with Crippen molar-refractivity contribution in [2.75, 3.05) is 39.6 Å². The summed E-state index contributed by atoms with van der Waals surface area (Å²) in [6.07, 6.45) is 18.6. The van der Waals surface area contributed by atoms with Crippen molar-refractivity contribution in [3.63, 3.8) is 0 Å². The molecule has 6 rings (SSSR count). The molecule has 0 atom stereocenters. The Labute approximate surface area is 441 Å². The highest BCUT2D eigenvalue weighted by Crippen LogP contribution is 2.35. The van der Waals surface area contributed by atoms with Gasteiger partial charge < -0.3 is 42.6 Å². The first-order chi connectivity index (χ1) is 36.6. The number of aldehydes is 1. The van der Waals surface area contributed by atoms with Crippen molar-refractivity contribution in [2.45, 2.75) is 135 Å². The maximum atomic E-state index is 13.2. The quantitative estimate of drug-likeness (QED) is 0.0148. The molecule has 3 fully saturated rings. The van der Waals surface area contributed by atoms with Gasteiger partial charge in [0.15, 0.2) is 6.29 Å². The van der Waals surface area contributed by atoms with Crippen LogP contribution in [0.25, 0.3) is 0 Å². The summed E-state index contributed by atoms with van der Waals surface area (Å²) >= 11 is 0. The van der Waals surface area contributed by atoms with E-state index < -0.39 is 11.9 Å². The first-order valence-corrected chi connectivity index (χ1v) is 27.1. The van der Waals surface area contributed by atoms with Gasteiger partial charge in [-0.3, -0.25) is 19.2 Å². The largest absolute Gasteiger partial charge is 0.494 e. The molecule has 3 aromatic rings. The number of unbranched alkanes of at least 4 members (excludes halogenated alkanes) is 6. The van der Waals surface area contributed by atoms with E-state index in [1.54, 1.807) is 60.7 Å². The molecule has 0 radical (unpaired) electrons. The molecule has 75 heavy (non-hydrogen) atoms. The van der Waals surface area contributed by atoms with E-state index in [2.05, 4.69) is 13.2 Å². The monoisotopic (exact) mass is 1040 g/mol. The molecule has 3 aromatic carbocycles. The van der Waals surface area contributed by atoms with Crippen molar-refractivity contribution in [2.24, 2.45) is 29.6 Å². The normalized spacial score (nSPS) is 20.3. The van der Waals surface area contributed by atoms with Gasteiger partial charge in [0.25, 0.3) is 0 Å². The van der Waals surface area contributed by atoms with Crippen LogP contribution in [-0.2, 0) is 38.2 Å². The number of rotatable bonds is 31. The highest BCUT2D eigenvalue weighted by molar-refractivity contribution is 5.82. The lowest BCUT2D eigenvalue weighted by Gasteiger charge is -2.31. The highest BCUT2D eigenvalue weighted by atomic mass is 16.6. The smallest absolute Gasteiger partial charge is 0.330 e. The Hall–Kier alpha value is -6.64. The zero-order chi connectivity index (χ0) is 53.0. The van der Waals surface area contributed by atoms with E-state index in [0.29, 0.717) is 118 Å². The van der Waals surface area contributed by atoms with Gasteiger partial charge in [-0.2, -0.15) is 0 Å². The van der Waals surface area contributed by atoms with Crippen LogP contribution in [0.3, 0.4) is 0 Å². The predicted octanol–water partition coefficient (Wildman–Crippen LogP) is 11.5. The Kier molecular flexibility index (Phi) is 24.5. The second-order valence-corrected chi connectivity index (χ2v) is 19.8. The SMILES string of the molecule is C=CC(=O)OCCCCCCOc1ccc(OC(=O)C2CCC(COc3ccc(OCC4CCC(C(=O)OC5CCC(C(=O)Oc6ccc(OCCCCCCOC(=O)C=C)cc6)CC5)CC4)cc3C=O)CC2)cc1. The van der Waals surface area contributed by atoms with Crippen LogP contribution in [0.4, 0.5) is 0 Å². The van der Waals surface area contributed by atoms with Crippen molar-refractivity contribution in [3.05, 3.63) is 97.6 Å². The van der Waals surface area contributed by atoms with Crippen LogP contribution < -0.4 is 28.4 Å². The van der Waals surface area contributed by atoms with Crippen molar-refractivity contribution < 1.29 is 71.4 Å². The van der Waals surface area contributed by atoms with E-state index in [1.165, 1.54) is 0 Å². The van der Waals surface area contributed by atoms with E-state index in [1.807, 2.05) is 6.07 Å². The number of hydrogen-bond donors (Lipinski definition) is 0. The summed E-state index contributed by atoms with van der Waals surface area (Å²) in [5, 5.41) is 0. The van der Waals surface area contributed by atoms with Crippen LogP contribution >= 0.6 is 0 Å². The lowest BCUT2D eigenvalue weighted by molar-refractivity contribution is -0.158. The Bertz CT molecular complexity index is 2270. The Morgan fingerprint density at radius 2 is 0.840 bits per heavy atom. The van der Waals surface area contributed by atoms with Crippen LogP contribution in [0, 0.1) is 29.6 Å². The first-order valence-electron chi connectivity index (χ1n) is 27.1. The summed E-state index contributed by atoms with van der Waals surface area (Å²) in [6, 6.07) is 19.4. The maximum Gasteiger partial charge on any atom is 0.330 e. The molecule has 0 amide bonds. The van der Waals surface area contributed by atoms with E-state index in [4.69, 9.17) is 42.6 Å². The van der Waals surface area contributed by atoms with Gasteiger partial charge >= 0.3 is 29.8 Å². The molecule has 3 aliphatic rings. The summed E-state index contributed by atoms with van der Waals surface area (Å²) in [5.41, 5.74) is 0.415. The van der Waals surface area contributed by atoms with Crippen LogP contribution in [-0.4, -0.2) is 81.9 Å². The third-order valence-corrected chi connectivity index (χ3v) is 14.2. The lowest BCUT2D eigenvalue weighted by atomic mass is 9.82. The first kappa shape index (κ1) is 57.6. The number of esters is 5. The lowest BCUT2D eigenvalue weighted by Crippen LogP contribution is -2.33. The van der Waals surface area contributed by atoms with Crippen molar-refractivity contribution in [3.8, 4) is 34.5 Å². The average molecular weight is 1040 g/mol. The van der Waals surface area contributed by atoms with Crippen molar-refractivity contribution in [1.29, 1.82) is 0 Å². The van der Waals surface area contributed by atoms with Crippen LogP contribution in [0.5, 0.6) is 34.5 Å². The van der Waals surface area contributed by atoms with Gasteiger partial charge in [-0.25, -0.2) is 9.59 Å². The predicted molar refractivity (Wildman–Crippen MR) is 280 cm³/mol. The van der Waals surface area contributed by atoms with E-state index >= 15 is 0 Å². The van der Waals surface area contributed by atoms with E-state index in [9.17, 15) is 28.8 Å². The minimum absolute atomic E-state index is 0.161. The summed E-state index contributed by atoms with van der Waals surface area (Å²) in [6.45, 7) is 9.59. The molecule has 0 unspecified atom stereocenters. The molecule has 3 saturated carbocycles. The molecule has 0 spiro atoms. The molecule has 15 heteroatoms. The molecule has 0 saturated heterocycles. The molecule has 0 aliphatic heterocycles. The molecule has 0 bridgehead atoms. The van der Waals surface area contributed by atoms with E-state index in [0.717, 1.165) is 108 Å². The summed E-state index contributed by atoms with van der Waals surface area (Å²) < 4.78 is 51.2. The fourth-order valence-electron chi connectivity index (χ4n) is 9.63. The molecule has 406 valence electrons. The van der Waals surface area contributed by atoms with Gasteiger partial charge in [0.1, 0.15) is 40.6 Å². The third kappa shape index (κ3) is 20.5. The van der Waals surface area contributed by atoms with Gasteiger partial charge in [-0.15, -0.1) is 0 Å². The minimum Gasteiger partial charge on any atom is -0.494 e. The van der Waals surface area contributed by atoms with Gasteiger partial charge in [0, 0.05) is 12.2 Å². The van der Waals surface area contributed by atoms with Crippen LogP contribution in [0.15, 0.2) is 92.0 Å². The number of benzene rings is 3. The zero-order valence-corrected chi connectivity index (χ0v) is 43.5. The minimum atomic E-state index is -0.401. The topological polar surface area (TPSA) is 185 Å². The Morgan fingerprint density at radius 3 is 1.29 bits per heavy atom. The second kappa shape index (κ2) is 31.9. The average Bonchev–Trinajstić information content (AvgIpc) is 3.44. The zero-order valence-electron chi connectivity index (χ0n) is 43.5. The molecule has 0 aromatic heterocycles. The summed E-state index contributed by atoms with van der Waals surface area (Å²) in [7, 11) is 0. The van der Waals surface area contributed by atoms with Gasteiger partial charge in [0.05, 0.1) is 63.0 Å². The maximum absolute atomic E-state index is 13.2. The van der Waals surface area contributed by atoms with Gasteiger partial charge in [0.2, 0.25) is 0 Å². The van der Waals surface area contributed by atoms with E-state index in [-0.39, 0.29) is 53.6 Å².